The molecular formula is C20H24ClF3N3O7+. The van der Waals surface area contributed by atoms with Crippen molar-refractivity contribution in [3.05, 3.63) is 38.8 Å². The van der Waals surface area contributed by atoms with Gasteiger partial charge in [-0.1, -0.05) is 32.4 Å². The van der Waals surface area contributed by atoms with Gasteiger partial charge in [-0.05, 0) is 29.2 Å². The molecule has 0 bridgehead atoms. The zero-order chi connectivity index (χ0) is 25.8. The number of nitrogens with one attached hydrogen (secondary N) is 1. The fourth-order valence-corrected chi connectivity index (χ4v) is 3.32. The van der Waals surface area contributed by atoms with Crippen LogP contribution in [0.5, 0.6) is 5.75 Å². The zero-order valence-electron chi connectivity index (χ0n) is 18.7. The van der Waals surface area contributed by atoms with Crippen molar-refractivity contribution in [3.8, 4) is 5.75 Å². The number of carboxylic acids is 1. The van der Waals surface area contributed by atoms with Crippen LogP contribution in [0.3, 0.4) is 0 Å². The van der Waals surface area contributed by atoms with Gasteiger partial charge < -0.3 is 14.6 Å². The highest BCUT2D eigenvalue weighted by Gasteiger charge is 2.49. The van der Waals surface area contributed by atoms with Crippen LogP contribution in [-0.4, -0.2) is 59.7 Å². The summed E-state index contributed by atoms with van der Waals surface area (Å²) >= 11 is 6.27. The van der Waals surface area contributed by atoms with Crippen molar-refractivity contribution in [1.29, 1.82) is 0 Å². The van der Waals surface area contributed by atoms with Crippen molar-refractivity contribution in [1.82, 2.24) is 10.6 Å². The molecule has 34 heavy (non-hydrogen) atoms. The first-order valence-electron chi connectivity index (χ1n) is 9.85. The summed E-state index contributed by atoms with van der Waals surface area (Å²) in [7, 11) is 1.25. The highest BCUT2D eigenvalue weighted by atomic mass is 35.5. The second-order valence-corrected chi connectivity index (χ2v) is 8.75. The Morgan fingerprint density at radius 3 is 2.50 bits per heavy atom. The van der Waals surface area contributed by atoms with Crippen LogP contribution in [0.25, 0.3) is 6.08 Å². The van der Waals surface area contributed by atoms with E-state index in [9.17, 15) is 27.7 Å². The first-order chi connectivity index (χ1) is 15.6. The SMILES string of the molecule is CN(CCC(=O)O)[N+](=O)NOCOC(=O)C1=Cc2cc(Cl)c(C(C)(C)C)cc2O[C@@H]1C(F)(F)F. The molecule has 1 aromatic rings. The van der Waals surface area contributed by atoms with Crippen molar-refractivity contribution in [2.24, 2.45) is 0 Å². The summed E-state index contributed by atoms with van der Waals surface area (Å²) in [6.45, 7) is 4.42. The van der Waals surface area contributed by atoms with E-state index in [1.54, 1.807) is 5.59 Å². The minimum Gasteiger partial charge on any atom is -0.481 e. The molecule has 1 aliphatic heterocycles. The maximum atomic E-state index is 13.6. The lowest BCUT2D eigenvalue weighted by Crippen LogP contribution is -2.42. The van der Waals surface area contributed by atoms with E-state index in [4.69, 9.17) is 21.4 Å². The second-order valence-electron chi connectivity index (χ2n) is 8.34. The number of hydrogen-bond donors (Lipinski definition) is 2. The van der Waals surface area contributed by atoms with Gasteiger partial charge in [0.05, 0.1) is 30.5 Å². The van der Waals surface area contributed by atoms with Gasteiger partial charge in [-0.25, -0.2) is 4.79 Å². The number of benzene rings is 1. The van der Waals surface area contributed by atoms with E-state index in [0.29, 0.717) is 10.6 Å². The Morgan fingerprint density at radius 1 is 1.29 bits per heavy atom. The average Bonchev–Trinajstić information content (AvgIpc) is 2.71. The van der Waals surface area contributed by atoms with Gasteiger partial charge in [0.15, 0.2) is 0 Å². The summed E-state index contributed by atoms with van der Waals surface area (Å²) in [6, 6.07) is 2.81. The van der Waals surface area contributed by atoms with Crippen LogP contribution < -0.4 is 10.3 Å². The van der Waals surface area contributed by atoms with E-state index in [-0.39, 0.29) is 29.3 Å². The third kappa shape index (κ3) is 6.97. The predicted octanol–water partition coefficient (Wildman–Crippen LogP) is 3.38. The summed E-state index contributed by atoms with van der Waals surface area (Å²) in [5.74, 6) is -2.60. The van der Waals surface area contributed by atoms with Gasteiger partial charge in [0.25, 0.3) is 4.98 Å². The normalized spacial score (nSPS) is 15.5. The summed E-state index contributed by atoms with van der Waals surface area (Å²) in [5.41, 5.74) is 1.23. The molecule has 1 heterocycles. The van der Waals surface area contributed by atoms with E-state index in [2.05, 4.69) is 9.57 Å². The zero-order valence-corrected chi connectivity index (χ0v) is 19.5. The topological polar surface area (TPSA) is 117 Å². The molecule has 1 aromatic carbocycles. The molecular weight excluding hydrogens is 487 g/mol. The first-order valence-corrected chi connectivity index (χ1v) is 10.2. The minimum absolute atomic E-state index is 0.0172. The molecule has 2 N–H and O–H groups in total. The van der Waals surface area contributed by atoms with Crippen LogP contribution in [0.15, 0.2) is 17.7 Å². The Balaban J connectivity index is 2.11. The number of carboxylic acid groups (broad SMARTS) is 1. The van der Waals surface area contributed by atoms with Gasteiger partial charge in [-0.15, -0.1) is 5.01 Å². The van der Waals surface area contributed by atoms with Crippen molar-refractivity contribution < 1.29 is 47.2 Å². The molecule has 0 spiro atoms. The Hall–Kier alpha value is -3.06. The standard InChI is InChI=1S/C20H23ClF3N3O7/c1-19(2,3)13-9-15-11(8-14(13)21)7-12(17(34-15)20(22,23)24)18(30)32-10-33-25-27(31)26(4)6-5-16(28)29/h7-9,17H,5-6,10H2,1-4H3,(H-,25,28,29,31)/p+1/t17-/m0/s1. The van der Waals surface area contributed by atoms with Gasteiger partial charge in [-0.3, -0.25) is 4.79 Å². The highest BCUT2D eigenvalue weighted by Crippen LogP contribution is 2.42. The predicted molar refractivity (Wildman–Crippen MR) is 112 cm³/mol. The number of nitroso groups, excluding NO2 is 1. The third-order valence-corrected chi connectivity index (χ3v) is 4.94. The van der Waals surface area contributed by atoms with Crippen LogP contribution in [0.1, 0.15) is 38.3 Å². The molecule has 0 fully saturated rings. The summed E-state index contributed by atoms with van der Waals surface area (Å²) in [4.78, 5) is 39.1. The number of carbonyl (C=O) groups excluding carboxylic acids is 1. The van der Waals surface area contributed by atoms with Gasteiger partial charge in [0, 0.05) is 16.2 Å². The quantitative estimate of drug-likeness (QED) is 0.169. The molecule has 0 aliphatic carbocycles. The van der Waals surface area contributed by atoms with Gasteiger partial charge in [-0.2, -0.15) is 18.0 Å². The maximum Gasteiger partial charge on any atom is 0.430 e. The molecule has 10 nitrogen and oxygen atoms in total. The van der Waals surface area contributed by atoms with E-state index in [0.717, 1.165) is 11.1 Å². The number of ether oxygens (including phenoxy) is 2. The average molecular weight is 511 g/mol. The molecule has 0 radical (unpaired) electrons. The second kappa shape index (κ2) is 10.5. The summed E-state index contributed by atoms with van der Waals surface area (Å²) < 4.78 is 50.7. The number of esters is 1. The fraction of sp³-hybridized carbons (Fsp3) is 0.500. The van der Waals surface area contributed by atoms with E-state index in [1.807, 2.05) is 20.8 Å². The fourth-order valence-electron chi connectivity index (χ4n) is 2.87. The Labute approximate surface area is 197 Å². The Morgan fingerprint density at radius 2 is 1.94 bits per heavy atom. The lowest BCUT2D eigenvalue weighted by molar-refractivity contribution is -0.785. The number of carbonyl (C=O) groups is 2. The Kier molecular flexibility index (Phi) is 8.37. The number of nitrogens with zero attached hydrogens (tertiary/aromatic N) is 2. The van der Waals surface area contributed by atoms with Gasteiger partial charge >= 0.3 is 18.1 Å². The molecule has 14 heteroatoms. The first kappa shape index (κ1) is 27.2. The van der Waals surface area contributed by atoms with Crippen LogP contribution in [-0.2, 0) is 24.6 Å². The maximum absolute atomic E-state index is 13.6. The van der Waals surface area contributed by atoms with Crippen LogP contribution in [0.4, 0.5) is 13.2 Å². The van der Waals surface area contributed by atoms with E-state index < -0.39 is 42.0 Å². The third-order valence-electron chi connectivity index (χ3n) is 4.63. The smallest absolute Gasteiger partial charge is 0.430 e. The minimum atomic E-state index is -4.93. The number of rotatable bonds is 9. The molecule has 0 saturated heterocycles. The molecule has 2 rings (SSSR count). The number of alkyl halides is 3. The largest absolute Gasteiger partial charge is 0.481 e. The Bertz CT molecular complexity index is 993. The molecule has 188 valence electrons. The number of hydrazine groups is 2. The van der Waals surface area contributed by atoms with Crippen molar-refractivity contribution in [2.45, 2.75) is 44.9 Å². The molecule has 0 aromatic heterocycles. The summed E-state index contributed by atoms with van der Waals surface area (Å²) in [5, 5.41) is 9.78. The highest BCUT2D eigenvalue weighted by molar-refractivity contribution is 6.31. The van der Waals surface area contributed by atoms with Crippen LogP contribution in [0.2, 0.25) is 5.02 Å². The van der Waals surface area contributed by atoms with E-state index >= 15 is 0 Å². The number of hydrogen-bond acceptors (Lipinski definition) is 6. The lowest BCUT2D eigenvalue weighted by Gasteiger charge is -2.30. The van der Waals surface area contributed by atoms with E-state index in [1.165, 1.54) is 19.2 Å². The molecule has 0 unspecified atom stereocenters. The molecule has 0 saturated carbocycles. The number of aliphatic carboxylic acids is 1. The molecule has 0 amide bonds. The van der Waals surface area contributed by atoms with Crippen LogP contribution >= 0.6 is 11.6 Å². The monoisotopic (exact) mass is 510 g/mol. The van der Waals surface area contributed by atoms with Crippen molar-refractivity contribution in [3.63, 3.8) is 0 Å². The van der Waals surface area contributed by atoms with Crippen molar-refractivity contribution in [2.75, 3.05) is 20.4 Å². The van der Waals surface area contributed by atoms with Crippen molar-refractivity contribution >= 4 is 29.6 Å². The molecule has 1 atom stereocenters. The molecule has 1 aliphatic rings. The van der Waals surface area contributed by atoms with Gasteiger partial charge in [0.2, 0.25) is 12.9 Å². The number of halogens is 4. The van der Waals surface area contributed by atoms with Gasteiger partial charge in [0.1, 0.15) is 5.75 Å². The lowest BCUT2D eigenvalue weighted by atomic mass is 9.85. The summed E-state index contributed by atoms with van der Waals surface area (Å²) in [6.07, 6.45) is -6.87. The van der Waals surface area contributed by atoms with Crippen LogP contribution in [0, 0.1) is 4.91 Å². The number of fused-ring (bicyclic) bond motifs is 1.